The predicted molar refractivity (Wildman–Crippen MR) is 72.0 cm³/mol. The van der Waals surface area contributed by atoms with Crippen LogP contribution in [0.1, 0.15) is 25.0 Å². The quantitative estimate of drug-likeness (QED) is 0.782. The molecule has 1 atom stereocenters. The number of pyridine rings is 1. The van der Waals surface area contributed by atoms with Crippen LogP contribution in [-0.2, 0) is 11.0 Å². The van der Waals surface area contributed by atoms with E-state index in [1.807, 2.05) is 18.2 Å². The van der Waals surface area contributed by atoms with E-state index < -0.39 is 7.37 Å². The zero-order chi connectivity index (χ0) is 12.8. The highest BCUT2D eigenvalue weighted by atomic mass is 31.2. The number of aromatic nitrogens is 1. The summed E-state index contributed by atoms with van der Waals surface area (Å²) >= 11 is 0. The zero-order valence-corrected chi connectivity index (χ0v) is 11.6. The average Bonchev–Trinajstić information content (AvgIpc) is 2.38. The molecular formula is C13H22N2O2P+. The topological polar surface area (TPSA) is 54.6 Å². The van der Waals surface area contributed by atoms with E-state index >= 15 is 0 Å². The third kappa shape index (κ3) is 4.52. The van der Waals surface area contributed by atoms with Crippen LogP contribution in [0.2, 0.25) is 0 Å². The second-order valence-corrected chi connectivity index (χ2v) is 7.57. The van der Waals surface area contributed by atoms with Crippen molar-refractivity contribution in [3.05, 3.63) is 30.1 Å². The number of nitrogens with one attached hydrogen (secondary N) is 1. The molecule has 0 bridgehead atoms. The molecule has 1 aromatic heterocycles. The fourth-order valence-corrected chi connectivity index (χ4v) is 4.23. The molecule has 1 fully saturated rings. The van der Waals surface area contributed by atoms with Crippen molar-refractivity contribution in [1.29, 1.82) is 0 Å². The number of quaternary nitrogens is 1. The first-order valence-electron chi connectivity index (χ1n) is 6.70. The molecule has 100 valence electrons. The van der Waals surface area contributed by atoms with E-state index in [0.717, 1.165) is 18.8 Å². The number of hydrogen-bond acceptors (Lipinski definition) is 2. The molecule has 0 amide bonds. The Labute approximate surface area is 108 Å². The fourth-order valence-electron chi connectivity index (χ4n) is 2.47. The Balaban J connectivity index is 1.81. The average molecular weight is 269 g/mol. The third-order valence-corrected chi connectivity index (χ3v) is 5.34. The van der Waals surface area contributed by atoms with Crippen molar-refractivity contribution >= 4 is 7.37 Å². The van der Waals surface area contributed by atoms with E-state index in [1.54, 1.807) is 6.20 Å². The summed E-state index contributed by atoms with van der Waals surface area (Å²) in [5.74, 6) is 0. The molecule has 2 heterocycles. The van der Waals surface area contributed by atoms with Crippen molar-refractivity contribution in [3.63, 3.8) is 0 Å². The first-order chi connectivity index (χ1) is 8.66. The molecule has 1 saturated heterocycles. The molecule has 0 aromatic carbocycles. The van der Waals surface area contributed by atoms with E-state index in [-0.39, 0.29) is 0 Å². The zero-order valence-electron chi connectivity index (χ0n) is 10.7. The van der Waals surface area contributed by atoms with Gasteiger partial charge in [-0.1, -0.05) is 6.07 Å². The minimum Gasteiger partial charge on any atom is -0.340 e. The van der Waals surface area contributed by atoms with Crippen LogP contribution in [0, 0.1) is 0 Å². The van der Waals surface area contributed by atoms with Gasteiger partial charge in [0.15, 0.2) is 6.29 Å². The molecule has 4 nitrogen and oxygen atoms in total. The van der Waals surface area contributed by atoms with Gasteiger partial charge in [-0.05, 0) is 37.8 Å². The lowest BCUT2D eigenvalue weighted by atomic mass is 10.1. The van der Waals surface area contributed by atoms with Crippen LogP contribution < -0.4 is 4.90 Å². The van der Waals surface area contributed by atoms with E-state index in [0.29, 0.717) is 18.9 Å². The van der Waals surface area contributed by atoms with Crippen LogP contribution in [0.25, 0.3) is 0 Å². The van der Waals surface area contributed by atoms with Crippen LogP contribution in [0.4, 0.5) is 0 Å². The highest BCUT2D eigenvalue weighted by Crippen LogP contribution is 2.38. The van der Waals surface area contributed by atoms with E-state index in [9.17, 15) is 9.46 Å². The summed E-state index contributed by atoms with van der Waals surface area (Å²) in [5, 5.41) is 0. The van der Waals surface area contributed by atoms with Gasteiger partial charge in [0.25, 0.3) is 7.37 Å². The molecule has 0 spiro atoms. The minimum atomic E-state index is -3.00. The smallest absolute Gasteiger partial charge is 0.253 e. The van der Waals surface area contributed by atoms with E-state index in [1.165, 1.54) is 24.2 Å². The van der Waals surface area contributed by atoms with E-state index in [2.05, 4.69) is 4.98 Å². The molecule has 1 aliphatic rings. The minimum absolute atomic E-state index is 0.355. The number of hydrogen-bond donors (Lipinski definition) is 2. The Bertz CT molecular complexity index is 405. The van der Waals surface area contributed by atoms with Crippen molar-refractivity contribution in [1.82, 2.24) is 4.98 Å². The molecule has 0 aliphatic carbocycles. The van der Waals surface area contributed by atoms with Crippen molar-refractivity contribution in [2.45, 2.75) is 25.7 Å². The lowest BCUT2D eigenvalue weighted by Gasteiger charge is -2.25. The number of rotatable bonds is 5. The summed E-state index contributed by atoms with van der Waals surface area (Å²) in [6.07, 6.45) is 6.76. The number of nitrogens with zero attached hydrogens (tertiary/aromatic N) is 1. The van der Waals surface area contributed by atoms with Crippen molar-refractivity contribution < 1.29 is 14.4 Å². The highest BCUT2D eigenvalue weighted by Gasteiger charge is 2.26. The van der Waals surface area contributed by atoms with Gasteiger partial charge >= 0.3 is 0 Å². The van der Waals surface area contributed by atoms with E-state index in [4.69, 9.17) is 0 Å². The van der Waals surface area contributed by atoms with Crippen molar-refractivity contribution in [2.75, 3.05) is 25.5 Å². The summed E-state index contributed by atoms with van der Waals surface area (Å²) in [4.78, 5) is 15.5. The van der Waals surface area contributed by atoms with Crippen molar-refractivity contribution in [3.8, 4) is 0 Å². The molecule has 0 radical (unpaired) electrons. The summed E-state index contributed by atoms with van der Waals surface area (Å²) < 4.78 is 12.2. The highest BCUT2D eigenvalue weighted by molar-refractivity contribution is 7.57. The monoisotopic (exact) mass is 269 g/mol. The van der Waals surface area contributed by atoms with Gasteiger partial charge in [0.1, 0.15) is 0 Å². The maximum Gasteiger partial charge on any atom is 0.253 e. The third-order valence-electron chi connectivity index (χ3n) is 3.47. The first kappa shape index (κ1) is 13.7. The van der Waals surface area contributed by atoms with Crippen LogP contribution >= 0.6 is 7.37 Å². The summed E-state index contributed by atoms with van der Waals surface area (Å²) in [6.45, 7) is 2.10. The van der Waals surface area contributed by atoms with Gasteiger partial charge in [0.05, 0.1) is 13.1 Å². The molecule has 2 rings (SSSR count). The summed E-state index contributed by atoms with van der Waals surface area (Å²) in [5.41, 5.74) is 0.903. The largest absolute Gasteiger partial charge is 0.340 e. The maximum absolute atomic E-state index is 12.2. The molecule has 2 N–H and O–H groups in total. The standard InChI is InChI=1S/C13H21N2O2P/c16-18(17,12-15-9-4-1-5-10-15)11-7-13-6-2-3-8-14-13/h2-3,6,8H,1,4-5,7,9-12H2,(H,16,17)/p+1. The molecular weight excluding hydrogens is 247 g/mol. The van der Waals surface area contributed by atoms with Crippen LogP contribution in [-0.4, -0.2) is 35.4 Å². The Hall–Kier alpha value is -0.700. The molecule has 18 heavy (non-hydrogen) atoms. The van der Waals surface area contributed by atoms with Crippen molar-refractivity contribution in [2.24, 2.45) is 0 Å². The van der Waals surface area contributed by atoms with Gasteiger partial charge < -0.3 is 9.79 Å². The van der Waals surface area contributed by atoms with Gasteiger partial charge in [-0.15, -0.1) is 0 Å². The number of likely N-dealkylation sites (tertiary alicyclic amines) is 1. The van der Waals surface area contributed by atoms with Gasteiger partial charge in [-0.3, -0.25) is 9.55 Å². The van der Waals surface area contributed by atoms with Gasteiger partial charge in [0, 0.05) is 18.1 Å². The Morgan fingerprint density at radius 3 is 2.72 bits per heavy atom. The first-order valence-corrected chi connectivity index (χ1v) is 8.73. The Morgan fingerprint density at radius 2 is 2.06 bits per heavy atom. The van der Waals surface area contributed by atoms with Crippen LogP contribution in [0.15, 0.2) is 24.4 Å². The molecule has 1 unspecified atom stereocenters. The second kappa shape index (κ2) is 6.46. The van der Waals surface area contributed by atoms with Gasteiger partial charge in [0.2, 0.25) is 0 Å². The Kier molecular flexibility index (Phi) is 4.93. The molecule has 0 saturated carbocycles. The maximum atomic E-state index is 12.2. The molecule has 1 aliphatic heterocycles. The van der Waals surface area contributed by atoms with Crippen LogP contribution in [0.3, 0.4) is 0 Å². The van der Waals surface area contributed by atoms with Gasteiger partial charge in [-0.2, -0.15) is 0 Å². The number of piperidine rings is 1. The Morgan fingerprint density at radius 1 is 1.28 bits per heavy atom. The lowest BCUT2D eigenvalue weighted by Crippen LogP contribution is -3.12. The van der Waals surface area contributed by atoms with Crippen LogP contribution in [0.5, 0.6) is 0 Å². The second-order valence-electron chi connectivity index (χ2n) is 5.11. The summed E-state index contributed by atoms with van der Waals surface area (Å²) in [7, 11) is -3.00. The lowest BCUT2D eigenvalue weighted by molar-refractivity contribution is -0.893. The fraction of sp³-hybridized carbons (Fsp3) is 0.615. The molecule has 5 heteroatoms. The number of aryl methyl sites for hydroxylation is 1. The SMILES string of the molecule is O=P(O)(CCc1ccccn1)C[NH+]1CCCCC1. The van der Waals surface area contributed by atoms with Gasteiger partial charge in [-0.25, -0.2) is 0 Å². The predicted octanol–water partition coefficient (Wildman–Crippen LogP) is 0.921. The molecule has 1 aromatic rings. The summed E-state index contributed by atoms with van der Waals surface area (Å²) in [6, 6.07) is 5.69. The normalized spacial score (nSPS) is 20.5.